The van der Waals surface area contributed by atoms with E-state index in [0.717, 1.165) is 30.8 Å². The van der Waals surface area contributed by atoms with Crippen LogP contribution in [-0.2, 0) is 9.53 Å². The van der Waals surface area contributed by atoms with Crippen LogP contribution in [0.25, 0.3) is 0 Å². The molecule has 0 aliphatic heterocycles. The van der Waals surface area contributed by atoms with Gasteiger partial charge in [-0.2, -0.15) is 0 Å². The maximum atomic E-state index is 11.3. The Labute approximate surface area is 114 Å². The SMILES string of the molecule is CCCCOc1ccc(C(N)CC(=O)OCC)cc1. The number of benzene rings is 1. The molecule has 0 amide bonds. The summed E-state index contributed by atoms with van der Waals surface area (Å²) in [5.74, 6) is 0.568. The van der Waals surface area contributed by atoms with Gasteiger partial charge in [0.15, 0.2) is 0 Å². The summed E-state index contributed by atoms with van der Waals surface area (Å²) in [5.41, 5.74) is 6.87. The Bertz CT molecular complexity index is 375. The summed E-state index contributed by atoms with van der Waals surface area (Å²) in [6.45, 7) is 5.02. The number of rotatable bonds is 8. The summed E-state index contributed by atoms with van der Waals surface area (Å²) in [7, 11) is 0. The second-order valence-corrected chi connectivity index (χ2v) is 4.39. The van der Waals surface area contributed by atoms with Crippen LogP contribution in [0, 0.1) is 0 Å². The summed E-state index contributed by atoms with van der Waals surface area (Å²) in [6, 6.07) is 7.23. The Morgan fingerprint density at radius 1 is 1.26 bits per heavy atom. The van der Waals surface area contributed by atoms with Gasteiger partial charge in [-0.3, -0.25) is 4.79 Å². The topological polar surface area (TPSA) is 61.5 Å². The van der Waals surface area contributed by atoms with E-state index in [1.807, 2.05) is 24.3 Å². The molecule has 0 aromatic heterocycles. The number of ether oxygens (including phenoxy) is 2. The monoisotopic (exact) mass is 265 g/mol. The fraction of sp³-hybridized carbons (Fsp3) is 0.533. The molecular formula is C15H23NO3. The largest absolute Gasteiger partial charge is 0.494 e. The van der Waals surface area contributed by atoms with Gasteiger partial charge in [0.25, 0.3) is 0 Å². The summed E-state index contributed by atoms with van der Waals surface area (Å²) in [5, 5.41) is 0. The number of hydrogen-bond donors (Lipinski definition) is 1. The van der Waals surface area contributed by atoms with E-state index < -0.39 is 0 Å². The highest BCUT2D eigenvalue weighted by molar-refractivity contribution is 5.70. The average molecular weight is 265 g/mol. The average Bonchev–Trinajstić information content (AvgIpc) is 2.40. The summed E-state index contributed by atoms with van der Waals surface area (Å²) in [6.07, 6.45) is 2.36. The van der Waals surface area contributed by atoms with Crippen molar-refractivity contribution >= 4 is 5.97 Å². The van der Waals surface area contributed by atoms with Gasteiger partial charge in [-0.25, -0.2) is 0 Å². The predicted octanol–water partition coefficient (Wildman–Crippen LogP) is 2.82. The second-order valence-electron chi connectivity index (χ2n) is 4.39. The van der Waals surface area contributed by atoms with Crippen LogP contribution in [0.1, 0.15) is 44.7 Å². The standard InChI is InChI=1S/C15H23NO3/c1-3-5-10-19-13-8-6-12(7-9-13)14(16)11-15(17)18-4-2/h6-9,14H,3-5,10-11,16H2,1-2H3. The van der Waals surface area contributed by atoms with Gasteiger partial charge in [0.05, 0.1) is 19.6 Å². The molecule has 1 aromatic carbocycles. The Morgan fingerprint density at radius 2 is 1.95 bits per heavy atom. The molecule has 0 fully saturated rings. The minimum atomic E-state index is -0.330. The maximum Gasteiger partial charge on any atom is 0.307 e. The van der Waals surface area contributed by atoms with Gasteiger partial charge in [0, 0.05) is 6.04 Å². The molecule has 1 rings (SSSR count). The van der Waals surface area contributed by atoms with Gasteiger partial charge in [-0.05, 0) is 31.0 Å². The molecule has 0 bridgehead atoms. The zero-order valence-corrected chi connectivity index (χ0v) is 11.7. The van der Waals surface area contributed by atoms with Crippen molar-refractivity contribution in [3.8, 4) is 5.75 Å². The zero-order chi connectivity index (χ0) is 14.1. The van der Waals surface area contributed by atoms with Crippen molar-refractivity contribution in [3.05, 3.63) is 29.8 Å². The molecule has 4 heteroatoms. The number of esters is 1. The van der Waals surface area contributed by atoms with E-state index >= 15 is 0 Å². The van der Waals surface area contributed by atoms with E-state index in [1.54, 1.807) is 6.92 Å². The van der Waals surface area contributed by atoms with E-state index in [-0.39, 0.29) is 18.4 Å². The lowest BCUT2D eigenvalue weighted by atomic mass is 10.0. The van der Waals surface area contributed by atoms with Crippen molar-refractivity contribution in [1.29, 1.82) is 0 Å². The minimum absolute atomic E-state index is 0.198. The first-order chi connectivity index (χ1) is 9.17. The third-order valence-electron chi connectivity index (χ3n) is 2.77. The first kappa shape index (κ1) is 15.5. The lowest BCUT2D eigenvalue weighted by Crippen LogP contribution is -2.17. The first-order valence-corrected chi connectivity index (χ1v) is 6.81. The number of unbranched alkanes of at least 4 members (excludes halogenated alkanes) is 1. The molecule has 0 saturated carbocycles. The molecule has 0 spiro atoms. The van der Waals surface area contributed by atoms with Crippen molar-refractivity contribution < 1.29 is 14.3 Å². The fourth-order valence-electron chi connectivity index (χ4n) is 1.66. The van der Waals surface area contributed by atoms with Gasteiger partial charge in [-0.1, -0.05) is 25.5 Å². The van der Waals surface area contributed by atoms with Crippen LogP contribution in [0.5, 0.6) is 5.75 Å². The van der Waals surface area contributed by atoms with Crippen molar-refractivity contribution in [2.75, 3.05) is 13.2 Å². The number of carbonyl (C=O) groups is 1. The van der Waals surface area contributed by atoms with Crippen LogP contribution < -0.4 is 10.5 Å². The molecule has 0 aliphatic carbocycles. The van der Waals surface area contributed by atoms with Crippen molar-refractivity contribution in [3.63, 3.8) is 0 Å². The molecule has 1 atom stereocenters. The van der Waals surface area contributed by atoms with Crippen LogP contribution in [0.4, 0.5) is 0 Å². The highest BCUT2D eigenvalue weighted by atomic mass is 16.5. The Morgan fingerprint density at radius 3 is 2.53 bits per heavy atom. The van der Waals surface area contributed by atoms with Crippen LogP contribution in [0.2, 0.25) is 0 Å². The van der Waals surface area contributed by atoms with E-state index in [0.29, 0.717) is 6.61 Å². The molecule has 4 nitrogen and oxygen atoms in total. The van der Waals surface area contributed by atoms with Crippen LogP contribution in [0.3, 0.4) is 0 Å². The molecule has 106 valence electrons. The summed E-state index contributed by atoms with van der Waals surface area (Å²) >= 11 is 0. The minimum Gasteiger partial charge on any atom is -0.494 e. The van der Waals surface area contributed by atoms with Gasteiger partial charge in [0.2, 0.25) is 0 Å². The molecular weight excluding hydrogens is 242 g/mol. The van der Waals surface area contributed by atoms with Gasteiger partial charge < -0.3 is 15.2 Å². The third-order valence-corrected chi connectivity index (χ3v) is 2.77. The third kappa shape index (κ3) is 5.75. The normalized spacial score (nSPS) is 11.9. The molecule has 1 aromatic rings. The van der Waals surface area contributed by atoms with Crippen molar-refractivity contribution in [1.82, 2.24) is 0 Å². The second kappa shape index (κ2) is 8.53. The molecule has 19 heavy (non-hydrogen) atoms. The Balaban J connectivity index is 2.48. The first-order valence-electron chi connectivity index (χ1n) is 6.81. The number of nitrogens with two attached hydrogens (primary N) is 1. The Kier molecular flexibility index (Phi) is 6.97. The summed E-state index contributed by atoms with van der Waals surface area (Å²) in [4.78, 5) is 11.3. The lowest BCUT2D eigenvalue weighted by molar-refractivity contribution is -0.143. The fourth-order valence-corrected chi connectivity index (χ4v) is 1.66. The number of hydrogen-bond acceptors (Lipinski definition) is 4. The highest BCUT2D eigenvalue weighted by Gasteiger charge is 2.12. The zero-order valence-electron chi connectivity index (χ0n) is 11.7. The summed E-state index contributed by atoms with van der Waals surface area (Å²) < 4.78 is 10.4. The number of carbonyl (C=O) groups excluding carboxylic acids is 1. The predicted molar refractivity (Wildman–Crippen MR) is 75.0 cm³/mol. The quantitative estimate of drug-likeness (QED) is 0.580. The molecule has 0 heterocycles. The van der Waals surface area contributed by atoms with Crippen LogP contribution in [0.15, 0.2) is 24.3 Å². The van der Waals surface area contributed by atoms with Gasteiger partial charge in [-0.15, -0.1) is 0 Å². The van der Waals surface area contributed by atoms with Crippen molar-refractivity contribution in [2.45, 2.75) is 39.2 Å². The molecule has 1 unspecified atom stereocenters. The van der Waals surface area contributed by atoms with E-state index in [1.165, 1.54) is 0 Å². The molecule has 0 aliphatic rings. The van der Waals surface area contributed by atoms with Crippen LogP contribution >= 0.6 is 0 Å². The van der Waals surface area contributed by atoms with Gasteiger partial charge in [0.1, 0.15) is 5.75 Å². The van der Waals surface area contributed by atoms with Crippen LogP contribution in [-0.4, -0.2) is 19.2 Å². The maximum absolute atomic E-state index is 11.3. The van der Waals surface area contributed by atoms with E-state index in [2.05, 4.69) is 6.92 Å². The van der Waals surface area contributed by atoms with Crippen molar-refractivity contribution in [2.24, 2.45) is 5.73 Å². The highest BCUT2D eigenvalue weighted by Crippen LogP contribution is 2.19. The van der Waals surface area contributed by atoms with E-state index in [9.17, 15) is 4.79 Å². The lowest BCUT2D eigenvalue weighted by Gasteiger charge is -2.12. The molecule has 2 N–H and O–H groups in total. The molecule has 0 radical (unpaired) electrons. The smallest absolute Gasteiger partial charge is 0.307 e. The van der Waals surface area contributed by atoms with E-state index in [4.69, 9.17) is 15.2 Å². The van der Waals surface area contributed by atoms with Gasteiger partial charge >= 0.3 is 5.97 Å². The molecule has 0 saturated heterocycles. The Hall–Kier alpha value is -1.55.